The molecule has 1 heterocycles. The lowest BCUT2D eigenvalue weighted by atomic mass is 10.1. The van der Waals surface area contributed by atoms with Gasteiger partial charge in [-0.2, -0.15) is 13.2 Å². The van der Waals surface area contributed by atoms with Gasteiger partial charge in [0.25, 0.3) is 0 Å². The van der Waals surface area contributed by atoms with Crippen LogP contribution in [0, 0.1) is 0 Å². The van der Waals surface area contributed by atoms with Gasteiger partial charge in [0.15, 0.2) is 0 Å². The quantitative estimate of drug-likeness (QED) is 0.848. The zero-order chi connectivity index (χ0) is 13.8. The number of rotatable bonds is 2. The Bertz CT molecular complexity index is 488. The molecule has 0 aliphatic heterocycles. The smallest absolute Gasteiger partial charge is 0.361 e. The van der Waals surface area contributed by atoms with Gasteiger partial charge in [-0.15, -0.1) is 0 Å². The van der Waals surface area contributed by atoms with Crippen molar-refractivity contribution in [3.63, 3.8) is 0 Å². The molecule has 5 heteroatoms. The minimum absolute atomic E-state index is 0.201. The van der Waals surface area contributed by atoms with Crippen LogP contribution < -0.4 is 5.73 Å². The number of para-hydroxylation sites is 1. The summed E-state index contributed by atoms with van der Waals surface area (Å²) in [4.78, 5) is 2.92. The van der Waals surface area contributed by atoms with Crippen LogP contribution in [-0.4, -0.2) is 17.2 Å². The summed E-state index contributed by atoms with van der Waals surface area (Å²) in [7, 11) is 0. The number of aromatic nitrogens is 1. The third-order valence-electron chi connectivity index (χ3n) is 2.54. The Morgan fingerprint density at radius 2 is 1.83 bits per heavy atom. The van der Waals surface area contributed by atoms with E-state index in [1.54, 1.807) is 18.3 Å². The van der Waals surface area contributed by atoms with Crippen LogP contribution in [0.2, 0.25) is 0 Å². The minimum atomic E-state index is -4.35. The molecule has 2 rings (SSSR count). The predicted molar refractivity (Wildman–Crippen MR) is 67.4 cm³/mol. The molecule has 2 nitrogen and oxygen atoms in total. The second kappa shape index (κ2) is 5.91. The van der Waals surface area contributed by atoms with Crippen LogP contribution in [0.4, 0.5) is 13.2 Å². The van der Waals surface area contributed by atoms with Crippen LogP contribution in [-0.2, 0) is 6.42 Å². The molecule has 0 aliphatic rings. The van der Waals surface area contributed by atoms with Gasteiger partial charge in [-0.3, -0.25) is 0 Å². The van der Waals surface area contributed by atoms with Crippen molar-refractivity contribution in [3.05, 3.63) is 36.0 Å². The summed E-state index contributed by atoms with van der Waals surface area (Å²) in [5, 5.41) is 0.794. The number of hydrogen-bond acceptors (Lipinski definition) is 1. The first kappa shape index (κ1) is 14.6. The van der Waals surface area contributed by atoms with Crippen molar-refractivity contribution in [2.24, 2.45) is 5.73 Å². The van der Waals surface area contributed by atoms with Gasteiger partial charge in [-0.25, -0.2) is 0 Å². The summed E-state index contributed by atoms with van der Waals surface area (Å²) in [5.74, 6) is 0. The lowest BCUT2D eigenvalue weighted by molar-refractivity contribution is -0.147. The summed E-state index contributed by atoms with van der Waals surface area (Å²) < 4.78 is 36.9. The van der Waals surface area contributed by atoms with E-state index < -0.39 is 12.2 Å². The Labute approximate surface area is 104 Å². The summed E-state index contributed by atoms with van der Waals surface area (Å²) in [6.45, 7) is 4.00. The summed E-state index contributed by atoms with van der Waals surface area (Å²) in [6.07, 6.45) is -2.97. The van der Waals surface area contributed by atoms with Gasteiger partial charge in [0.1, 0.15) is 6.04 Å². The Balaban J connectivity index is 0.000000771. The van der Waals surface area contributed by atoms with Crippen LogP contribution in [0.5, 0.6) is 0 Å². The van der Waals surface area contributed by atoms with Gasteiger partial charge < -0.3 is 10.7 Å². The second-order valence-electron chi connectivity index (χ2n) is 3.71. The molecule has 1 unspecified atom stereocenters. The standard InChI is InChI=1S/C11H11F3N2.C2H6/c12-11(13,14)10(15)5-7-6-16-9-4-2-1-3-8(7)9;1-2/h1-4,6,10,16H,5,15H2;1-2H3. The molecule has 0 spiro atoms. The van der Waals surface area contributed by atoms with E-state index in [9.17, 15) is 13.2 Å². The molecule has 1 aromatic carbocycles. The Morgan fingerprint density at radius 1 is 1.22 bits per heavy atom. The number of H-pyrrole nitrogens is 1. The first-order chi connectivity index (χ1) is 8.48. The van der Waals surface area contributed by atoms with Gasteiger partial charge >= 0.3 is 6.18 Å². The van der Waals surface area contributed by atoms with Crippen LogP contribution >= 0.6 is 0 Å². The number of fused-ring (bicyclic) bond motifs is 1. The van der Waals surface area contributed by atoms with Crippen molar-refractivity contribution in [1.82, 2.24) is 4.98 Å². The lowest BCUT2D eigenvalue weighted by Gasteiger charge is -2.14. The number of alkyl halides is 3. The maximum atomic E-state index is 12.3. The number of aromatic amines is 1. The monoisotopic (exact) mass is 258 g/mol. The van der Waals surface area contributed by atoms with E-state index in [0.717, 1.165) is 10.9 Å². The molecular weight excluding hydrogens is 241 g/mol. The zero-order valence-corrected chi connectivity index (χ0v) is 10.4. The fourth-order valence-electron chi connectivity index (χ4n) is 1.65. The molecule has 1 aromatic heterocycles. The van der Waals surface area contributed by atoms with Gasteiger partial charge in [0, 0.05) is 17.1 Å². The molecule has 0 fully saturated rings. The van der Waals surface area contributed by atoms with Gasteiger partial charge in [-0.1, -0.05) is 32.0 Å². The van der Waals surface area contributed by atoms with E-state index in [2.05, 4.69) is 4.98 Å². The van der Waals surface area contributed by atoms with Crippen molar-refractivity contribution >= 4 is 10.9 Å². The van der Waals surface area contributed by atoms with E-state index in [1.165, 1.54) is 0 Å². The fourth-order valence-corrected chi connectivity index (χ4v) is 1.65. The fraction of sp³-hybridized carbons (Fsp3) is 0.385. The van der Waals surface area contributed by atoms with Crippen molar-refractivity contribution in [2.75, 3.05) is 0 Å². The molecule has 0 radical (unpaired) electrons. The first-order valence-electron chi connectivity index (χ1n) is 5.86. The van der Waals surface area contributed by atoms with E-state index in [1.807, 2.05) is 26.0 Å². The number of nitrogens with two attached hydrogens (primary N) is 1. The molecule has 100 valence electrons. The molecule has 18 heavy (non-hydrogen) atoms. The van der Waals surface area contributed by atoms with E-state index in [0.29, 0.717) is 5.56 Å². The highest BCUT2D eigenvalue weighted by molar-refractivity contribution is 5.83. The molecular formula is C13H17F3N2. The highest BCUT2D eigenvalue weighted by atomic mass is 19.4. The zero-order valence-electron chi connectivity index (χ0n) is 10.4. The van der Waals surface area contributed by atoms with E-state index >= 15 is 0 Å². The van der Waals surface area contributed by atoms with Crippen molar-refractivity contribution < 1.29 is 13.2 Å². The lowest BCUT2D eigenvalue weighted by Crippen LogP contribution is -2.39. The second-order valence-corrected chi connectivity index (χ2v) is 3.71. The Morgan fingerprint density at radius 3 is 2.44 bits per heavy atom. The maximum absolute atomic E-state index is 12.3. The van der Waals surface area contributed by atoms with Crippen LogP contribution in [0.3, 0.4) is 0 Å². The average Bonchev–Trinajstić information content (AvgIpc) is 2.74. The van der Waals surface area contributed by atoms with E-state index in [-0.39, 0.29) is 6.42 Å². The Hall–Kier alpha value is -1.49. The number of benzene rings is 1. The van der Waals surface area contributed by atoms with Crippen molar-refractivity contribution in [1.29, 1.82) is 0 Å². The Kier molecular flexibility index (Phi) is 4.78. The first-order valence-corrected chi connectivity index (χ1v) is 5.86. The minimum Gasteiger partial charge on any atom is -0.361 e. The third-order valence-corrected chi connectivity index (χ3v) is 2.54. The molecule has 1 atom stereocenters. The molecule has 0 amide bonds. The molecule has 2 aromatic rings. The SMILES string of the molecule is CC.NC(Cc1c[nH]c2ccccc12)C(F)(F)F. The number of hydrogen-bond donors (Lipinski definition) is 2. The van der Waals surface area contributed by atoms with Crippen LogP contribution in [0.15, 0.2) is 30.5 Å². The molecule has 0 bridgehead atoms. The highest BCUT2D eigenvalue weighted by Gasteiger charge is 2.36. The number of halogens is 3. The highest BCUT2D eigenvalue weighted by Crippen LogP contribution is 2.25. The summed E-state index contributed by atoms with van der Waals surface area (Å²) >= 11 is 0. The van der Waals surface area contributed by atoms with Crippen molar-refractivity contribution in [2.45, 2.75) is 32.5 Å². The summed E-state index contributed by atoms with van der Waals surface area (Å²) in [5.41, 5.74) is 6.52. The molecule has 0 aliphatic carbocycles. The van der Waals surface area contributed by atoms with Gasteiger partial charge in [0.2, 0.25) is 0 Å². The molecule has 3 N–H and O–H groups in total. The van der Waals surface area contributed by atoms with Gasteiger partial charge in [-0.05, 0) is 18.1 Å². The maximum Gasteiger partial charge on any atom is 0.403 e. The van der Waals surface area contributed by atoms with Gasteiger partial charge in [0.05, 0.1) is 0 Å². The van der Waals surface area contributed by atoms with Crippen LogP contribution in [0.25, 0.3) is 10.9 Å². The van der Waals surface area contributed by atoms with Crippen LogP contribution in [0.1, 0.15) is 19.4 Å². The summed E-state index contributed by atoms with van der Waals surface area (Å²) in [6, 6.07) is 5.40. The number of nitrogens with one attached hydrogen (secondary N) is 1. The third kappa shape index (κ3) is 3.26. The largest absolute Gasteiger partial charge is 0.403 e. The predicted octanol–water partition coefficient (Wildman–Crippen LogP) is 3.63. The average molecular weight is 258 g/mol. The molecule has 0 saturated carbocycles. The topological polar surface area (TPSA) is 41.8 Å². The van der Waals surface area contributed by atoms with Crippen molar-refractivity contribution in [3.8, 4) is 0 Å². The normalized spacial score (nSPS) is 13.0. The molecule has 0 saturated heterocycles. The van der Waals surface area contributed by atoms with E-state index in [4.69, 9.17) is 5.73 Å².